The SMILES string of the molecule is Cc1nc(-c2ccc3c(c2)CCN3C(=O)COC(=O)c2ccc3nncn3c2)cs1. The third-order valence-electron chi connectivity index (χ3n) is 5.04. The number of esters is 1. The normalized spacial score (nSPS) is 12.9. The summed E-state index contributed by atoms with van der Waals surface area (Å²) in [5, 5.41) is 10.7. The third kappa shape index (κ3) is 3.33. The summed E-state index contributed by atoms with van der Waals surface area (Å²) in [6.07, 6.45) is 3.84. The summed E-state index contributed by atoms with van der Waals surface area (Å²) >= 11 is 1.61. The molecule has 0 spiro atoms. The van der Waals surface area contributed by atoms with Crippen LogP contribution in [0.15, 0.2) is 48.2 Å². The van der Waals surface area contributed by atoms with Crippen molar-refractivity contribution in [2.75, 3.05) is 18.1 Å². The van der Waals surface area contributed by atoms with E-state index in [1.54, 1.807) is 39.0 Å². The molecule has 0 aliphatic carbocycles. The van der Waals surface area contributed by atoms with Gasteiger partial charge in [-0.15, -0.1) is 21.5 Å². The van der Waals surface area contributed by atoms with Gasteiger partial charge in [-0.05, 0) is 43.2 Å². The molecule has 0 radical (unpaired) electrons. The van der Waals surface area contributed by atoms with Crippen LogP contribution in [0.25, 0.3) is 16.9 Å². The van der Waals surface area contributed by atoms with Gasteiger partial charge in [0.15, 0.2) is 12.3 Å². The Morgan fingerprint density at radius 1 is 1.23 bits per heavy atom. The Labute approximate surface area is 175 Å². The van der Waals surface area contributed by atoms with E-state index < -0.39 is 5.97 Å². The lowest BCUT2D eigenvalue weighted by molar-refractivity contribution is -0.121. The number of anilines is 1. The van der Waals surface area contributed by atoms with E-state index >= 15 is 0 Å². The number of nitrogens with zero attached hydrogens (tertiary/aromatic N) is 5. The van der Waals surface area contributed by atoms with Gasteiger partial charge in [-0.3, -0.25) is 9.20 Å². The van der Waals surface area contributed by atoms with Crippen molar-refractivity contribution in [3.05, 3.63) is 64.4 Å². The Hall–Kier alpha value is -3.59. The molecule has 8 nitrogen and oxygen atoms in total. The second-order valence-electron chi connectivity index (χ2n) is 6.98. The Kier molecular flexibility index (Phi) is 4.51. The largest absolute Gasteiger partial charge is 0.452 e. The lowest BCUT2D eigenvalue weighted by Crippen LogP contribution is -2.33. The fourth-order valence-corrected chi connectivity index (χ4v) is 4.17. The average molecular weight is 419 g/mol. The summed E-state index contributed by atoms with van der Waals surface area (Å²) in [4.78, 5) is 31.2. The number of ether oxygens (including phenoxy) is 1. The minimum absolute atomic E-state index is 0.246. The van der Waals surface area contributed by atoms with Crippen LogP contribution in [0.2, 0.25) is 0 Å². The summed E-state index contributed by atoms with van der Waals surface area (Å²) in [5.74, 6) is -0.808. The summed E-state index contributed by atoms with van der Waals surface area (Å²) in [6, 6.07) is 9.26. The first-order valence-corrected chi connectivity index (χ1v) is 10.3. The smallest absolute Gasteiger partial charge is 0.340 e. The van der Waals surface area contributed by atoms with Gasteiger partial charge < -0.3 is 9.64 Å². The number of rotatable bonds is 4. The van der Waals surface area contributed by atoms with Crippen LogP contribution in [0.1, 0.15) is 20.9 Å². The molecular weight excluding hydrogens is 402 g/mol. The number of pyridine rings is 1. The Balaban J connectivity index is 1.27. The highest BCUT2D eigenvalue weighted by atomic mass is 32.1. The van der Waals surface area contributed by atoms with Crippen LogP contribution < -0.4 is 4.90 Å². The molecule has 0 atom stereocenters. The van der Waals surface area contributed by atoms with Gasteiger partial charge >= 0.3 is 5.97 Å². The standard InChI is InChI=1S/C21H17N5O3S/c1-13-23-17(11-30-13)14-2-4-18-15(8-14)6-7-26(18)20(27)10-29-21(28)16-3-5-19-24-22-12-25(19)9-16/h2-5,8-9,11-12H,6-7,10H2,1H3. The molecule has 4 heterocycles. The molecule has 0 saturated heterocycles. The van der Waals surface area contributed by atoms with Crippen molar-refractivity contribution in [1.82, 2.24) is 19.6 Å². The van der Waals surface area contributed by atoms with Crippen molar-refractivity contribution in [3.8, 4) is 11.3 Å². The van der Waals surface area contributed by atoms with Crippen LogP contribution in [0.5, 0.6) is 0 Å². The van der Waals surface area contributed by atoms with Crippen LogP contribution in [0.3, 0.4) is 0 Å². The molecule has 5 rings (SSSR count). The minimum atomic E-state index is -0.562. The van der Waals surface area contributed by atoms with E-state index in [0.717, 1.165) is 33.9 Å². The molecule has 9 heteroatoms. The minimum Gasteiger partial charge on any atom is -0.452 e. The molecule has 0 fully saturated rings. The van der Waals surface area contributed by atoms with E-state index in [0.29, 0.717) is 17.8 Å². The van der Waals surface area contributed by atoms with Crippen LogP contribution >= 0.6 is 11.3 Å². The Morgan fingerprint density at radius 2 is 2.13 bits per heavy atom. The summed E-state index contributed by atoms with van der Waals surface area (Å²) < 4.78 is 6.87. The van der Waals surface area contributed by atoms with Gasteiger partial charge in [0.1, 0.15) is 6.33 Å². The summed E-state index contributed by atoms with van der Waals surface area (Å²) in [7, 11) is 0. The fourth-order valence-electron chi connectivity index (χ4n) is 3.55. The second-order valence-corrected chi connectivity index (χ2v) is 8.04. The first-order chi connectivity index (χ1) is 14.6. The molecule has 0 bridgehead atoms. The van der Waals surface area contributed by atoms with Crippen molar-refractivity contribution < 1.29 is 14.3 Å². The molecule has 1 amide bonds. The van der Waals surface area contributed by atoms with E-state index in [4.69, 9.17) is 4.74 Å². The number of benzene rings is 1. The van der Waals surface area contributed by atoms with Crippen molar-refractivity contribution in [2.45, 2.75) is 13.3 Å². The number of amides is 1. The molecule has 150 valence electrons. The van der Waals surface area contributed by atoms with Crippen molar-refractivity contribution in [2.24, 2.45) is 0 Å². The van der Waals surface area contributed by atoms with Gasteiger partial charge in [-0.1, -0.05) is 6.07 Å². The topological polar surface area (TPSA) is 89.7 Å². The average Bonchev–Trinajstić information content (AvgIpc) is 3.49. The molecule has 1 aliphatic rings. The Bertz CT molecular complexity index is 1280. The number of aromatic nitrogens is 4. The van der Waals surface area contributed by atoms with Gasteiger partial charge in [0, 0.05) is 29.4 Å². The van der Waals surface area contributed by atoms with Crippen LogP contribution in [-0.4, -0.2) is 44.6 Å². The maximum absolute atomic E-state index is 12.7. The highest BCUT2D eigenvalue weighted by Crippen LogP contribution is 2.32. The molecule has 1 aromatic carbocycles. The number of carbonyl (C=O) groups is 2. The lowest BCUT2D eigenvalue weighted by Gasteiger charge is -2.17. The number of fused-ring (bicyclic) bond motifs is 2. The summed E-state index contributed by atoms with van der Waals surface area (Å²) in [6.45, 7) is 2.23. The monoisotopic (exact) mass is 419 g/mol. The van der Waals surface area contributed by atoms with E-state index in [2.05, 4.69) is 21.2 Å². The first kappa shape index (κ1) is 18.4. The molecule has 0 N–H and O–H groups in total. The Morgan fingerprint density at radius 3 is 2.97 bits per heavy atom. The number of hydrogen-bond acceptors (Lipinski definition) is 7. The van der Waals surface area contributed by atoms with Crippen LogP contribution in [0.4, 0.5) is 5.69 Å². The quantitative estimate of drug-likeness (QED) is 0.473. The van der Waals surface area contributed by atoms with E-state index in [-0.39, 0.29) is 12.5 Å². The van der Waals surface area contributed by atoms with Gasteiger partial charge in [-0.2, -0.15) is 0 Å². The zero-order chi connectivity index (χ0) is 20.7. The van der Waals surface area contributed by atoms with Crippen molar-refractivity contribution in [3.63, 3.8) is 0 Å². The van der Waals surface area contributed by atoms with Crippen molar-refractivity contribution in [1.29, 1.82) is 0 Å². The third-order valence-corrected chi connectivity index (χ3v) is 5.82. The van der Waals surface area contributed by atoms with Crippen LogP contribution in [0, 0.1) is 6.92 Å². The molecule has 4 aromatic rings. The van der Waals surface area contributed by atoms with Crippen molar-refractivity contribution >= 4 is 34.5 Å². The van der Waals surface area contributed by atoms with Gasteiger partial charge in [0.25, 0.3) is 5.91 Å². The van der Waals surface area contributed by atoms with Gasteiger partial charge in [-0.25, -0.2) is 9.78 Å². The molecule has 1 aliphatic heterocycles. The predicted molar refractivity (Wildman–Crippen MR) is 112 cm³/mol. The van der Waals surface area contributed by atoms with E-state index in [1.807, 2.05) is 24.4 Å². The number of hydrogen-bond donors (Lipinski definition) is 0. The molecule has 0 unspecified atom stereocenters. The molecular formula is C21H17N5O3S. The predicted octanol–water partition coefficient (Wildman–Crippen LogP) is 2.91. The molecule has 30 heavy (non-hydrogen) atoms. The van der Waals surface area contributed by atoms with E-state index in [9.17, 15) is 9.59 Å². The zero-order valence-corrected chi connectivity index (χ0v) is 16.9. The number of carbonyl (C=O) groups excluding carboxylic acids is 2. The zero-order valence-electron chi connectivity index (χ0n) is 16.1. The van der Waals surface area contributed by atoms with Gasteiger partial charge in [0.2, 0.25) is 0 Å². The van der Waals surface area contributed by atoms with Gasteiger partial charge in [0.05, 0.1) is 16.3 Å². The maximum Gasteiger partial charge on any atom is 0.340 e. The molecule has 0 saturated carbocycles. The molecule has 3 aromatic heterocycles. The highest BCUT2D eigenvalue weighted by molar-refractivity contribution is 7.09. The first-order valence-electron chi connectivity index (χ1n) is 9.41. The lowest BCUT2D eigenvalue weighted by atomic mass is 10.1. The maximum atomic E-state index is 12.7. The highest BCUT2D eigenvalue weighted by Gasteiger charge is 2.26. The summed E-state index contributed by atoms with van der Waals surface area (Å²) in [5.41, 5.74) is 4.91. The van der Waals surface area contributed by atoms with Crippen LogP contribution in [-0.2, 0) is 16.0 Å². The fraction of sp³-hybridized carbons (Fsp3) is 0.190. The number of thiazole rings is 1. The second kappa shape index (κ2) is 7.34. The van der Waals surface area contributed by atoms with E-state index in [1.165, 1.54) is 6.33 Å². The number of aryl methyl sites for hydroxylation is 1.